The molecule has 0 atom stereocenters. The topological polar surface area (TPSA) is 91.7 Å². The van der Waals surface area contributed by atoms with E-state index in [1.165, 1.54) is 20.3 Å². The molecular weight excluding hydrogens is 398 g/mol. The highest BCUT2D eigenvalue weighted by molar-refractivity contribution is 5.94. The molecule has 0 spiro atoms. The number of aromatic nitrogens is 2. The molecule has 160 valence electrons. The van der Waals surface area contributed by atoms with Gasteiger partial charge in [0.25, 0.3) is 5.91 Å². The SMILES string of the molecule is COc1ccc(NC(=O)COC(=O)/C=C/c2cnn(Cc3ccccc3)c2)cc1OC. The molecule has 1 aromatic heterocycles. The largest absolute Gasteiger partial charge is 0.493 e. The van der Waals surface area contributed by atoms with Crippen molar-refractivity contribution in [2.24, 2.45) is 0 Å². The molecule has 0 fully saturated rings. The number of ether oxygens (including phenoxy) is 3. The second-order valence-electron chi connectivity index (χ2n) is 6.52. The third kappa shape index (κ3) is 6.46. The second kappa shape index (κ2) is 10.6. The summed E-state index contributed by atoms with van der Waals surface area (Å²) in [5.41, 5.74) is 2.38. The van der Waals surface area contributed by atoms with Gasteiger partial charge in [0.1, 0.15) is 0 Å². The van der Waals surface area contributed by atoms with Crippen molar-refractivity contribution in [3.63, 3.8) is 0 Å². The summed E-state index contributed by atoms with van der Waals surface area (Å²) < 4.78 is 17.1. The summed E-state index contributed by atoms with van der Waals surface area (Å²) in [6, 6.07) is 14.9. The number of nitrogens with one attached hydrogen (secondary N) is 1. The Bertz CT molecular complexity index is 1060. The Morgan fingerprint density at radius 1 is 1.06 bits per heavy atom. The van der Waals surface area contributed by atoms with Crippen LogP contribution in [-0.2, 0) is 20.9 Å². The van der Waals surface area contributed by atoms with Crippen LogP contribution in [0.1, 0.15) is 11.1 Å². The smallest absolute Gasteiger partial charge is 0.331 e. The van der Waals surface area contributed by atoms with Gasteiger partial charge in [0.15, 0.2) is 18.1 Å². The van der Waals surface area contributed by atoms with Crippen molar-refractivity contribution < 1.29 is 23.8 Å². The van der Waals surface area contributed by atoms with E-state index < -0.39 is 18.5 Å². The maximum atomic E-state index is 12.0. The molecule has 0 aliphatic carbocycles. The summed E-state index contributed by atoms with van der Waals surface area (Å²) in [6.45, 7) is 0.222. The fraction of sp³-hybridized carbons (Fsp3) is 0.174. The molecule has 0 aliphatic rings. The molecule has 31 heavy (non-hydrogen) atoms. The molecule has 0 bridgehead atoms. The van der Waals surface area contributed by atoms with Crippen molar-refractivity contribution in [2.75, 3.05) is 26.1 Å². The van der Waals surface area contributed by atoms with Gasteiger partial charge in [0.05, 0.1) is 27.0 Å². The molecule has 8 nitrogen and oxygen atoms in total. The number of benzene rings is 2. The van der Waals surface area contributed by atoms with E-state index >= 15 is 0 Å². The van der Waals surface area contributed by atoms with E-state index in [-0.39, 0.29) is 0 Å². The van der Waals surface area contributed by atoms with Gasteiger partial charge in [-0.3, -0.25) is 9.48 Å². The molecule has 0 aliphatic heterocycles. The lowest BCUT2D eigenvalue weighted by Gasteiger charge is -2.10. The van der Waals surface area contributed by atoms with Gasteiger partial charge < -0.3 is 19.5 Å². The Balaban J connectivity index is 1.46. The first-order chi connectivity index (χ1) is 15.1. The molecule has 1 heterocycles. The van der Waals surface area contributed by atoms with Crippen molar-refractivity contribution in [1.29, 1.82) is 0 Å². The molecule has 0 radical (unpaired) electrons. The van der Waals surface area contributed by atoms with Crippen molar-refractivity contribution >= 4 is 23.6 Å². The summed E-state index contributed by atoms with van der Waals surface area (Å²) in [6.07, 6.45) is 6.31. The zero-order valence-corrected chi connectivity index (χ0v) is 17.3. The van der Waals surface area contributed by atoms with Crippen LogP contribution < -0.4 is 14.8 Å². The lowest BCUT2D eigenvalue weighted by Crippen LogP contribution is -2.20. The molecule has 3 aromatic rings. The normalized spacial score (nSPS) is 10.6. The minimum atomic E-state index is -0.627. The zero-order valence-electron chi connectivity index (χ0n) is 17.3. The summed E-state index contributed by atoms with van der Waals surface area (Å²) in [5.74, 6) is -0.0693. The number of anilines is 1. The Morgan fingerprint density at radius 2 is 1.84 bits per heavy atom. The van der Waals surface area contributed by atoms with Crippen molar-refractivity contribution in [3.8, 4) is 11.5 Å². The van der Waals surface area contributed by atoms with Gasteiger partial charge in [-0.2, -0.15) is 5.10 Å². The second-order valence-corrected chi connectivity index (χ2v) is 6.52. The number of esters is 1. The Hall–Kier alpha value is -4.07. The van der Waals surface area contributed by atoms with E-state index in [0.29, 0.717) is 23.7 Å². The predicted molar refractivity (Wildman–Crippen MR) is 116 cm³/mol. The third-order valence-corrected chi connectivity index (χ3v) is 4.27. The van der Waals surface area contributed by atoms with E-state index in [0.717, 1.165) is 11.1 Å². The quantitative estimate of drug-likeness (QED) is 0.422. The van der Waals surface area contributed by atoms with E-state index in [4.69, 9.17) is 14.2 Å². The summed E-state index contributed by atoms with van der Waals surface area (Å²) in [4.78, 5) is 23.9. The van der Waals surface area contributed by atoms with Crippen LogP contribution in [0.3, 0.4) is 0 Å². The lowest BCUT2D eigenvalue weighted by atomic mass is 10.2. The van der Waals surface area contributed by atoms with E-state index in [9.17, 15) is 9.59 Å². The first-order valence-corrected chi connectivity index (χ1v) is 9.50. The number of carbonyl (C=O) groups excluding carboxylic acids is 2. The first kappa shape index (κ1) is 21.6. The number of methoxy groups -OCH3 is 2. The van der Waals surface area contributed by atoms with Crippen LogP contribution in [0.4, 0.5) is 5.69 Å². The first-order valence-electron chi connectivity index (χ1n) is 9.50. The maximum absolute atomic E-state index is 12.0. The van der Waals surface area contributed by atoms with Gasteiger partial charge >= 0.3 is 5.97 Å². The van der Waals surface area contributed by atoms with Gasteiger partial charge in [-0.15, -0.1) is 0 Å². The van der Waals surface area contributed by atoms with Crippen LogP contribution in [0.2, 0.25) is 0 Å². The minimum absolute atomic E-state index is 0.412. The molecule has 1 N–H and O–H groups in total. The Kier molecular flexibility index (Phi) is 7.42. The number of carbonyl (C=O) groups is 2. The van der Waals surface area contributed by atoms with Crippen molar-refractivity contribution in [3.05, 3.63) is 78.1 Å². The van der Waals surface area contributed by atoms with Crippen LogP contribution >= 0.6 is 0 Å². The van der Waals surface area contributed by atoms with Gasteiger partial charge in [0.2, 0.25) is 0 Å². The summed E-state index contributed by atoms with van der Waals surface area (Å²) >= 11 is 0. The van der Waals surface area contributed by atoms with Crippen LogP contribution in [0.5, 0.6) is 11.5 Å². The molecule has 0 unspecified atom stereocenters. The molecule has 3 rings (SSSR count). The van der Waals surface area contributed by atoms with Crippen LogP contribution in [0, 0.1) is 0 Å². The zero-order chi connectivity index (χ0) is 22.1. The third-order valence-electron chi connectivity index (χ3n) is 4.27. The number of amides is 1. The van der Waals surface area contributed by atoms with Crippen molar-refractivity contribution in [2.45, 2.75) is 6.54 Å². The summed E-state index contributed by atoms with van der Waals surface area (Å²) in [5, 5.41) is 6.90. The van der Waals surface area contributed by atoms with Gasteiger partial charge in [0, 0.05) is 29.6 Å². The van der Waals surface area contributed by atoms with E-state index in [1.807, 2.05) is 36.5 Å². The highest BCUT2D eigenvalue weighted by Crippen LogP contribution is 2.29. The number of hydrogen-bond acceptors (Lipinski definition) is 6. The average molecular weight is 421 g/mol. The van der Waals surface area contributed by atoms with Crippen LogP contribution in [0.15, 0.2) is 67.0 Å². The molecule has 8 heteroatoms. The summed E-state index contributed by atoms with van der Waals surface area (Å²) in [7, 11) is 3.03. The van der Waals surface area contributed by atoms with Crippen LogP contribution in [-0.4, -0.2) is 42.5 Å². The highest BCUT2D eigenvalue weighted by Gasteiger charge is 2.09. The van der Waals surface area contributed by atoms with Gasteiger partial charge in [-0.05, 0) is 23.8 Å². The average Bonchev–Trinajstić information content (AvgIpc) is 3.24. The Morgan fingerprint density at radius 3 is 2.58 bits per heavy atom. The molecular formula is C23H23N3O5. The molecule has 0 saturated carbocycles. The predicted octanol–water partition coefficient (Wildman–Crippen LogP) is 3.14. The molecule has 0 saturated heterocycles. The highest BCUT2D eigenvalue weighted by atomic mass is 16.5. The Labute approximate surface area is 180 Å². The maximum Gasteiger partial charge on any atom is 0.331 e. The molecule has 2 aromatic carbocycles. The number of rotatable bonds is 9. The minimum Gasteiger partial charge on any atom is -0.493 e. The fourth-order valence-corrected chi connectivity index (χ4v) is 2.78. The van der Waals surface area contributed by atoms with E-state index in [2.05, 4.69) is 10.4 Å². The van der Waals surface area contributed by atoms with E-state index in [1.54, 1.807) is 35.2 Å². The van der Waals surface area contributed by atoms with Crippen molar-refractivity contribution in [1.82, 2.24) is 9.78 Å². The number of nitrogens with zero attached hydrogens (tertiary/aromatic N) is 2. The van der Waals surface area contributed by atoms with Crippen LogP contribution in [0.25, 0.3) is 6.08 Å². The van der Waals surface area contributed by atoms with Gasteiger partial charge in [-0.25, -0.2) is 4.79 Å². The molecule has 1 amide bonds. The van der Waals surface area contributed by atoms with Gasteiger partial charge in [-0.1, -0.05) is 30.3 Å². The fourth-order valence-electron chi connectivity index (χ4n) is 2.78. The standard InChI is InChI=1S/C23H23N3O5/c1-29-20-10-9-19(12-21(20)30-2)25-22(27)16-31-23(28)11-8-18-13-24-26(15-18)14-17-6-4-3-5-7-17/h3-13,15H,14,16H2,1-2H3,(H,25,27)/b11-8+. The lowest BCUT2D eigenvalue weighted by molar-refractivity contribution is -0.142. The number of hydrogen-bond donors (Lipinski definition) is 1. The monoisotopic (exact) mass is 421 g/mol.